The van der Waals surface area contributed by atoms with Gasteiger partial charge in [0.1, 0.15) is 0 Å². The first kappa shape index (κ1) is 21.7. The molecule has 5 heteroatoms. The Bertz CT molecular complexity index is 978. The van der Waals surface area contributed by atoms with E-state index >= 15 is 0 Å². The van der Waals surface area contributed by atoms with E-state index in [4.69, 9.17) is 21.0 Å². The molecule has 3 aromatic rings. The molecule has 0 spiro atoms. The first-order chi connectivity index (χ1) is 14.4. The summed E-state index contributed by atoms with van der Waals surface area (Å²) in [5.74, 6) is -0.813. The lowest BCUT2D eigenvalue weighted by Crippen LogP contribution is -2.48. The SMILES string of the molecule is C[Si](C)(C)O[C@]1(c2ccccc2)OCC[C@@H]1P(=S)(c1ccccc1)c1ccccc1. The highest BCUT2D eigenvalue weighted by atomic mass is 32.4. The van der Waals surface area contributed by atoms with Crippen LogP contribution in [0.2, 0.25) is 19.6 Å². The molecule has 2 nitrogen and oxygen atoms in total. The molecule has 0 N–H and O–H groups in total. The Morgan fingerprint density at radius 2 is 1.30 bits per heavy atom. The predicted molar refractivity (Wildman–Crippen MR) is 133 cm³/mol. The van der Waals surface area contributed by atoms with Gasteiger partial charge in [0.2, 0.25) is 0 Å². The summed E-state index contributed by atoms with van der Waals surface area (Å²) in [6.07, 6.45) is 0.889. The van der Waals surface area contributed by atoms with E-state index in [2.05, 4.69) is 105 Å². The Morgan fingerprint density at radius 3 is 1.77 bits per heavy atom. The summed E-state index contributed by atoms with van der Waals surface area (Å²) in [5, 5.41) is 2.45. The third-order valence-corrected chi connectivity index (χ3v) is 12.0. The van der Waals surface area contributed by atoms with Gasteiger partial charge in [0.05, 0.1) is 12.3 Å². The van der Waals surface area contributed by atoms with Crippen LogP contribution in [-0.4, -0.2) is 20.6 Å². The molecule has 0 aromatic heterocycles. The maximum atomic E-state index is 6.95. The number of hydrogen-bond donors (Lipinski definition) is 0. The van der Waals surface area contributed by atoms with E-state index in [1.807, 2.05) is 6.07 Å². The molecule has 4 rings (SSSR count). The highest BCUT2D eigenvalue weighted by molar-refractivity contribution is 8.22. The standard InChI is InChI=1S/C25H29O2PSSi/c1-30(2,3)27-25(21-13-7-4-8-14-21)24(19-20-26-25)28(29,22-15-9-5-10-16-22)23-17-11-6-12-18-23/h4-18,24H,19-20H2,1-3H3/t24-,25-/m0/s1. The zero-order valence-corrected chi connectivity index (χ0v) is 20.5. The zero-order chi connectivity index (χ0) is 21.2. The van der Waals surface area contributed by atoms with E-state index in [1.54, 1.807) is 0 Å². The summed E-state index contributed by atoms with van der Waals surface area (Å²) in [4.78, 5) is 0. The molecule has 1 aliphatic heterocycles. The summed E-state index contributed by atoms with van der Waals surface area (Å²) in [5.41, 5.74) is 1.15. The molecule has 0 radical (unpaired) electrons. The van der Waals surface area contributed by atoms with Crippen molar-refractivity contribution in [2.75, 3.05) is 6.61 Å². The first-order valence-electron chi connectivity index (χ1n) is 10.5. The number of ether oxygens (including phenoxy) is 1. The summed E-state index contributed by atoms with van der Waals surface area (Å²) >= 11 is 6.70. The van der Waals surface area contributed by atoms with Crippen molar-refractivity contribution in [2.24, 2.45) is 0 Å². The van der Waals surface area contributed by atoms with Gasteiger partial charge in [-0.05, 0) is 36.7 Å². The Kier molecular flexibility index (Phi) is 6.16. The predicted octanol–water partition coefficient (Wildman–Crippen LogP) is 5.61. The topological polar surface area (TPSA) is 18.5 Å². The van der Waals surface area contributed by atoms with Crippen molar-refractivity contribution in [1.82, 2.24) is 0 Å². The largest absolute Gasteiger partial charge is 0.387 e. The van der Waals surface area contributed by atoms with Crippen LogP contribution in [0.5, 0.6) is 0 Å². The smallest absolute Gasteiger partial charge is 0.193 e. The Labute approximate surface area is 186 Å². The van der Waals surface area contributed by atoms with E-state index in [0.29, 0.717) is 6.61 Å². The van der Waals surface area contributed by atoms with Crippen LogP contribution < -0.4 is 10.6 Å². The van der Waals surface area contributed by atoms with E-state index < -0.39 is 20.1 Å². The minimum absolute atomic E-state index is 0.0684. The summed E-state index contributed by atoms with van der Waals surface area (Å²) < 4.78 is 13.5. The number of rotatable bonds is 6. The second-order valence-corrected chi connectivity index (χ2v) is 17.9. The molecule has 0 bridgehead atoms. The van der Waals surface area contributed by atoms with Gasteiger partial charge in [-0.1, -0.05) is 103 Å². The van der Waals surface area contributed by atoms with Gasteiger partial charge in [-0.25, -0.2) is 0 Å². The van der Waals surface area contributed by atoms with Crippen molar-refractivity contribution in [3.05, 3.63) is 96.6 Å². The van der Waals surface area contributed by atoms with Crippen LogP contribution in [0, 0.1) is 0 Å². The lowest BCUT2D eigenvalue weighted by molar-refractivity contribution is -0.161. The molecule has 2 atom stereocenters. The Balaban J connectivity index is 1.96. The highest BCUT2D eigenvalue weighted by Gasteiger charge is 2.55. The van der Waals surface area contributed by atoms with Gasteiger partial charge in [0.25, 0.3) is 0 Å². The van der Waals surface area contributed by atoms with Gasteiger partial charge in [-0.2, -0.15) is 0 Å². The van der Waals surface area contributed by atoms with Crippen molar-refractivity contribution >= 4 is 36.8 Å². The normalized spacial score (nSPS) is 22.2. The van der Waals surface area contributed by atoms with Crippen LogP contribution in [0.3, 0.4) is 0 Å². The lowest BCUT2D eigenvalue weighted by Gasteiger charge is -2.44. The first-order valence-corrected chi connectivity index (χ1v) is 16.7. The average molecular weight is 453 g/mol. The van der Waals surface area contributed by atoms with Crippen molar-refractivity contribution in [3.8, 4) is 0 Å². The van der Waals surface area contributed by atoms with E-state index in [-0.39, 0.29) is 5.66 Å². The fourth-order valence-corrected chi connectivity index (χ4v) is 10.7. The van der Waals surface area contributed by atoms with E-state index in [0.717, 1.165) is 12.0 Å². The molecule has 0 unspecified atom stereocenters. The van der Waals surface area contributed by atoms with Crippen LogP contribution >= 0.6 is 6.04 Å². The second kappa shape index (κ2) is 8.53. The summed E-state index contributed by atoms with van der Waals surface area (Å²) in [6, 6.07) is 29.5. The monoisotopic (exact) mass is 452 g/mol. The maximum Gasteiger partial charge on any atom is 0.193 e. The number of hydrogen-bond acceptors (Lipinski definition) is 3. The Hall–Kier alpha value is -1.55. The molecule has 0 aliphatic carbocycles. The van der Waals surface area contributed by atoms with Gasteiger partial charge in [-0.15, -0.1) is 0 Å². The molecule has 1 saturated heterocycles. The van der Waals surface area contributed by atoms with Gasteiger partial charge in [-0.3, -0.25) is 0 Å². The van der Waals surface area contributed by atoms with Gasteiger partial charge >= 0.3 is 0 Å². The van der Waals surface area contributed by atoms with E-state index in [9.17, 15) is 0 Å². The summed E-state index contributed by atoms with van der Waals surface area (Å²) in [6.45, 7) is 7.34. The molecule has 1 fully saturated rings. The molecule has 0 amide bonds. The van der Waals surface area contributed by atoms with E-state index in [1.165, 1.54) is 10.6 Å². The third kappa shape index (κ3) is 4.00. The van der Waals surface area contributed by atoms with Crippen molar-refractivity contribution in [3.63, 3.8) is 0 Å². The highest BCUT2D eigenvalue weighted by Crippen LogP contribution is 2.61. The van der Waals surface area contributed by atoms with Gasteiger partial charge in [0, 0.05) is 11.6 Å². The molecule has 0 saturated carbocycles. The molecular weight excluding hydrogens is 423 g/mol. The molecule has 156 valence electrons. The molecule has 3 aromatic carbocycles. The fourth-order valence-electron chi connectivity index (χ4n) is 4.39. The molecule has 30 heavy (non-hydrogen) atoms. The third-order valence-electron chi connectivity index (χ3n) is 5.50. The lowest BCUT2D eigenvalue weighted by atomic mass is 10.0. The molecular formula is C25H29O2PSSi. The van der Waals surface area contributed by atoms with Crippen molar-refractivity contribution < 1.29 is 9.16 Å². The average Bonchev–Trinajstić information content (AvgIpc) is 3.18. The van der Waals surface area contributed by atoms with Crippen molar-refractivity contribution in [1.29, 1.82) is 0 Å². The molecule has 1 aliphatic rings. The van der Waals surface area contributed by atoms with Crippen LogP contribution in [0.4, 0.5) is 0 Å². The maximum absolute atomic E-state index is 6.95. The molecule has 1 heterocycles. The minimum atomic E-state index is -2.24. The minimum Gasteiger partial charge on any atom is -0.387 e. The van der Waals surface area contributed by atoms with Gasteiger partial charge < -0.3 is 9.16 Å². The zero-order valence-electron chi connectivity index (χ0n) is 17.8. The second-order valence-electron chi connectivity index (χ2n) is 8.73. The quantitative estimate of drug-likeness (QED) is 0.358. The summed E-state index contributed by atoms with van der Waals surface area (Å²) in [7, 11) is -1.95. The van der Waals surface area contributed by atoms with Crippen LogP contribution in [0.25, 0.3) is 0 Å². The van der Waals surface area contributed by atoms with Crippen molar-refractivity contribution in [2.45, 2.75) is 37.5 Å². The fraction of sp³-hybridized carbons (Fsp3) is 0.280. The van der Waals surface area contributed by atoms with Gasteiger partial charge in [0.15, 0.2) is 14.1 Å². The Morgan fingerprint density at radius 1 is 0.833 bits per heavy atom. The van der Waals surface area contributed by atoms with Crippen LogP contribution in [0.1, 0.15) is 12.0 Å². The number of benzene rings is 3. The van der Waals surface area contributed by atoms with Crippen LogP contribution in [0.15, 0.2) is 91.0 Å². The van der Waals surface area contributed by atoms with Crippen LogP contribution in [-0.2, 0) is 26.8 Å².